The van der Waals surface area contributed by atoms with Crippen LogP contribution in [0.25, 0.3) is 11.0 Å². The van der Waals surface area contributed by atoms with E-state index in [1.165, 1.54) is 6.08 Å². The van der Waals surface area contributed by atoms with Gasteiger partial charge in [0.25, 0.3) is 0 Å². The quantitative estimate of drug-likeness (QED) is 0.269. The highest BCUT2D eigenvalue weighted by Gasteiger charge is 2.75. The highest BCUT2D eigenvalue weighted by atomic mass is 32.2. The minimum absolute atomic E-state index is 0.0506. The van der Waals surface area contributed by atoms with Crippen LogP contribution in [0.4, 0.5) is 0 Å². The van der Waals surface area contributed by atoms with Crippen LogP contribution < -0.4 is 0 Å². The van der Waals surface area contributed by atoms with Gasteiger partial charge in [0.1, 0.15) is 24.8 Å². The average Bonchev–Trinajstić information content (AvgIpc) is 3.76. The van der Waals surface area contributed by atoms with Gasteiger partial charge in [-0.15, -0.1) is 23.4 Å². The SMILES string of the molecule is C=CCOC(=O)[C@@H]1[C@@H]2CCC3(S2)C(C(=O)N(CC=C)Cn2nnc4ccccc42)N([C@H](CO)c2ccccc2)C(=O)[C@H]13. The van der Waals surface area contributed by atoms with Gasteiger partial charge in [-0.25, -0.2) is 4.68 Å². The summed E-state index contributed by atoms with van der Waals surface area (Å²) in [5, 5.41) is 19.1. The Hall–Kier alpha value is -3.96. The molecule has 2 aromatic carbocycles. The van der Waals surface area contributed by atoms with Crippen molar-refractivity contribution in [2.45, 2.75) is 41.6 Å². The number of para-hydroxylation sites is 1. The Bertz CT molecular complexity index is 1530. The summed E-state index contributed by atoms with van der Waals surface area (Å²) in [6, 6.07) is 15.0. The van der Waals surface area contributed by atoms with Crippen molar-refractivity contribution < 1.29 is 24.2 Å². The van der Waals surface area contributed by atoms with Crippen molar-refractivity contribution in [3.05, 3.63) is 85.5 Å². The minimum atomic E-state index is -0.922. The molecule has 2 bridgehead atoms. The highest BCUT2D eigenvalue weighted by molar-refractivity contribution is 8.02. The molecule has 6 rings (SSSR count). The number of ether oxygens (including phenoxy) is 1. The van der Waals surface area contributed by atoms with E-state index in [-0.39, 0.29) is 43.5 Å². The van der Waals surface area contributed by atoms with Crippen molar-refractivity contribution in [1.29, 1.82) is 0 Å². The third kappa shape index (κ3) is 4.42. The monoisotopic (exact) mass is 587 g/mol. The zero-order chi connectivity index (χ0) is 29.4. The number of thioether (sulfide) groups is 1. The van der Waals surface area contributed by atoms with Crippen molar-refractivity contribution in [2.24, 2.45) is 11.8 Å². The van der Waals surface area contributed by atoms with E-state index in [4.69, 9.17) is 4.74 Å². The van der Waals surface area contributed by atoms with Crippen LogP contribution in [0.2, 0.25) is 0 Å². The van der Waals surface area contributed by atoms with Crippen LogP contribution in [0.1, 0.15) is 24.4 Å². The first-order valence-corrected chi connectivity index (χ1v) is 14.9. The fourth-order valence-corrected chi connectivity index (χ4v) is 9.16. The standard InChI is InChI=1S/C31H33N5O5S/c1-3-16-34(19-35-22-13-9-8-12-21(22)32-33-35)29(39)27-31-15-14-24(42-31)25(30(40)41-17-4-2)26(31)28(38)36(27)23(18-37)20-10-6-5-7-11-20/h3-13,23-27,37H,1-2,14-19H2/t23-,24+,25-,26+,27?,31?/m1/s1. The number of carbonyl (C=O) groups is 3. The average molecular weight is 588 g/mol. The van der Waals surface area contributed by atoms with Gasteiger partial charge >= 0.3 is 5.97 Å². The number of fused-ring (bicyclic) bond motifs is 2. The van der Waals surface area contributed by atoms with E-state index in [9.17, 15) is 19.5 Å². The van der Waals surface area contributed by atoms with E-state index < -0.39 is 34.6 Å². The maximum absolute atomic E-state index is 14.8. The summed E-state index contributed by atoms with van der Waals surface area (Å²) in [7, 11) is 0. The van der Waals surface area contributed by atoms with Crippen molar-refractivity contribution in [1.82, 2.24) is 24.8 Å². The van der Waals surface area contributed by atoms with E-state index in [2.05, 4.69) is 23.5 Å². The summed E-state index contributed by atoms with van der Waals surface area (Å²) in [4.78, 5) is 45.7. The van der Waals surface area contributed by atoms with Crippen molar-refractivity contribution in [3.8, 4) is 0 Å². The lowest BCUT2D eigenvalue weighted by molar-refractivity contribution is -0.153. The first-order valence-electron chi connectivity index (χ1n) is 14.1. The second kappa shape index (κ2) is 11.4. The van der Waals surface area contributed by atoms with Crippen LogP contribution in [0.3, 0.4) is 0 Å². The summed E-state index contributed by atoms with van der Waals surface area (Å²) in [6.45, 7) is 7.49. The first kappa shape index (κ1) is 28.2. The third-order valence-corrected chi connectivity index (χ3v) is 10.6. The van der Waals surface area contributed by atoms with Crippen molar-refractivity contribution in [2.75, 3.05) is 19.8 Å². The number of esters is 1. The van der Waals surface area contributed by atoms with Gasteiger partial charge in [-0.3, -0.25) is 14.4 Å². The molecule has 0 saturated carbocycles. The molecule has 0 radical (unpaired) electrons. The second-order valence-corrected chi connectivity index (χ2v) is 12.5. The number of amides is 2. The van der Waals surface area contributed by atoms with Gasteiger partial charge in [0.15, 0.2) is 0 Å². The smallest absolute Gasteiger partial charge is 0.311 e. The van der Waals surface area contributed by atoms with Crippen molar-refractivity contribution >= 4 is 40.6 Å². The van der Waals surface area contributed by atoms with Crippen LogP contribution in [-0.4, -0.2) is 83.5 Å². The number of rotatable bonds is 11. The molecule has 4 heterocycles. The van der Waals surface area contributed by atoms with Gasteiger partial charge in [-0.1, -0.05) is 66.4 Å². The normalized spacial score (nSPS) is 26.7. The second-order valence-electron chi connectivity index (χ2n) is 10.9. The zero-order valence-corrected chi connectivity index (χ0v) is 23.9. The molecule has 218 valence electrons. The Morgan fingerprint density at radius 3 is 2.67 bits per heavy atom. The predicted octanol–water partition coefficient (Wildman–Crippen LogP) is 2.96. The van der Waals surface area contributed by atoms with Gasteiger partial charge < -0.3 is 19.6 Å². The summed E-state index contributed by atoms with van der Waals surface area (Å²) in [5.41, 5.74) is 2.19. The molecule has 1 N–H and O–H groups in total. The lowest BCUT2D eigenvalue weighted by Gasteiger charge is -2.39. The number of carbonyl (C=O) groups excluding carboxylic acids is 3. The van der Waals surface area contributed by atoms with Crippen LogP contribution in [0, 0.1) is 11.8 Å². The van der Waals surface area contributed by atoms with E-state index in [1.807, 2.05) is 54.6 Å². The Balaban J connectivity index is 1.43. The molecule has 1 aromatic heterocycles. The summed E-state index contributed by atoms with van der Waals surface area (Å²) in [5.74, 6) is -2.47. The first-order chi connectivity index (χ1) is 20.4. The number of hydrogen-bond donors (Lipinski definition) is 1. The number of aliphatic hydroxyl groups excluding tert-OH is 1. The number of nitrogens with zero attached hydrogens (tertiary/aromatic N) is 5. The molecule has 3 aliphatic heterocycles. The fourth-order valence-electron chi connectivity index (χ4n) is 6.97. The molecule has 1 spiro atoms. The topological polar surface area (TPSA) is 118 Å². The molecule has 2 amide bonds. The van der Waals surface area contributed by atoms with Gasteiger partial charge in [-0.2, -0.15) is 0 Å². The largest absolute Gasteiger partial charge is 0.461 e. The Morgan fingerprint density at radius 2 is 1.93 bits per heavy atom. The molecule has 11 heteroatoms. The van der Waals surface area contributed by atoms with E-state index in [0.717, 1.165) is 5.52 Å². The van der Waals surface area contributed by atoms with Crippen LogP contribution in [0.5, 0.6) is 0 Å². The fraction of sp³-hybridized carbons (Fsp3) is 0.387. The minimum Gasteiger partial charge on any atom is -0.461 e. The van der Waals surface area contributed by atoms with Crippen LogP contribution in [0.15, 0.2) is 79.9 Å². The number of aromatic nitrogens is 3. The van der Waals surface area contributed by atoms with Crippen LogP contribution in [-0.2, 0) is 25.8 Å². The summed E-state index contributed by atoms with van der Waals surface area (Å²) >= 11 is 1.55. The lowest BCUT2D eigenvalue weighted by Crippen LogP contribution is -2.55. The van der Waals surface area contributed by atoms with E-state index in [0.29, 0.717) is 23.9 Å². The Morgan fingerprint density at radius 1 is 1.17 bits per heavy atom. The van der Waals surface area contributed by atoms with Gasteiger partial charge in [0.2, 0.25) is 11.8 Å². The van der Waals surface area contributed by atoms with Gasteiger partial charge in [-0.05, 0) is 30.5 Å². The number of aliphatic hydroxyl groups is 1. The van der Waals surface area contributed by atoms with Gasteiger partial charge in [0, 0.05) is 11.8 Å². The van der Waals surface area contributed by atoms with E-state index in [1.54, 1.807) is 32.3 Å². The number of benzene rings is 2. The highest BCUT2D eigenvalue weighted by Crippen LogP contribution is 2.67. The maximum Gasteiger partial charge on any atom is 0.311 e. The molecule has 42 heavy (non-hydrogen) atoms. The molecule has 6 atom stereocenters. The molecule has 3 saturated heterocycles. The number of likely N-dealkylation sites (tertiary alicyclic amines) is 1. The predicted molar refractivity (Wildman–Crippen MR) is 158 cm³/mol. The molecule has 2 unspecified atom stereocenters. The molecular formula is C31H33N5O5S. The Labute approximate surface area is 248 Å². The maximum atomic E-state index is 14.8. The zero-order valence-electron chi connectivity index (χ0n) is 23.1. The Kier molecular flexibility index (Phi) is 7.63. The summed E-state index contributed by atoms with van der Waals surface area (Å²) in [6.07, 6.45) is 4.42. The van der Waals surface area contributed by atoms with E-state index >= 15 is 0 Å². The molecule has 3 aliphatic rings. The molecule has 3 aromatic rings. The lowest BCUT2D eigenvalue weighted by atomic mass is 9.71. The molecule has 0 aliphatic carbocycles. The molecule has 10 nitrogen and oxygen atoms in total. The molecular weight excluding hydrogens is 554 g/mol. The van der Waals surface area contributed by atoms with Crippen molar-refractivity contribution in [3.63, 3.8) is 0 Å². The molecule has 3 fully saturated rings. The number of hydrogen-bond acceptors (Lipinski definition) is 8. The van der Waals surface area contributed by atoms with Crippen LogP contribution >= 0.6 is 11.8 Å². The summed E-state index contributed by atoms with van der Waals surface area (Å²) < 4.78 is 6.27. The third-order valence-electron chi connectivity index (χ3n) is 8.67. The van der Waals surface area contributed by atoms with Gasteiger partial charge in [0.05, 0.1) is 34.7 Å².